The zero-order valence-electron chi connectivity index (χ0n) is 24.9. The van der Waals surface area contributed by atoms with Crippen molar-refractivity contribution in [3.63, 3.8) is 0 Å². The lowest BCUT2D eigenvalue weighted by molar-refractivity contribution is -0.138. The molecule has 2 aliphatic heterocycles. The van der Waals surface area contributed by atoms with E-state index in [9.17, 15) is 18.0 Å². The number of carbonyl (C=O) groups excluding carboxylic acids is 1. The van der Waals surface area contributed by atoms with Crippen LogP contribution < -0.4 is 10.6 Å². The normalized spacial score (nSPS) is 29.4. The maximum absolute atomic E-state index is 13.2. The Bertz CT molecular complexity index is 1000. The minimum atomic E-state index is -4.07. The summed E-state index contributed by atoms with van der Waals surface area (Å²) < 4.78 is 37.9. The third kappa shape index (κ3) is 7.56. The monoisotopic (exact) mass is 582 g/mol. The number of likely N-dealkylation sites (tertiary alicyclic amines) is 1. The molecular weight excluding hydrogens is 533 g/mol. The molecule has 226 valence electrons. The number of thiol groups is 1. The number of amides is 1. The van der Waals surface area contributed by atoms with Crippen LogP contribution in [0.3, 0.4) is 0 Å². The largest absolute Gasteiger partial charge is 0.389 e. The Balaban J connectivity index is 1.34. The summed E-state index contributed by atoms with van der Waals surface area (Å²) in [5, 5.41) is 6.89. The molecule has 1 saturated carbocycles. The predicted molar refractivity (Wildman–Crippen MR) is 159 cm³/mol. The Labute approximate surface area is 244 Å². The topological polar surface area (TPSA) is 47.6 Å². The van der Waals surface area contributed by atoms with Gasteiger partial charge in [-0.05, 0) is 107 Å². The number of nitrogens with zero attached hydrogens (tertiary/aromatic N) is 2. The minimum absolute atomic E-state index is 0.0772. The van der Waals surface area contributed by atoms with Crippen molar-refractivity contribution in [2.75, 3.05) is 39.5 Å². The molecule has 3 aliphatic rings. The lowest BCUT2D eigenvalue weighted by Crippen LogP contribution is -2.51. The second kappa shape index (κ2) is 12.9. The third-order valence-corrected chi connectivity index (χ3v) is 10.3. The number of aryl methyl sites for hydroxylation is 2. The lowest BCUT2D eigenvalue weighted by atomic mass is 9.78. The summed E-state index contributed by atoms with van der Waals surface area (Å²) in [6.07, 6.45) is 0.518. The van der Waals surface area contributed by atoms with E-state index in [1.165, 1.54) is 22.3 Å². The SMILES string of the molecule is Cc1cc(CC(C)N(C)C)cc(C)c1C(CS)CN1CCC2(C1)NC(C1CCC(CCC(F)(F)F)CC1)NC2=O. The Kier molecular flexibility index (Phi) is 10.2. The first-order valence-corrected chi connectivity index (χ1v) is 15.7. The summed E-state index contributed by atoms with van der Waals surface area (Å²) in [7, 11) is 4.24. The van der Waals surface area contributed by atoms with Gasteiger partial charge in [-0.1, -0.05) is 25.0 Å². The smallest absolute Gasteiger partial charge is 0.339 e. The Morgan fingerprint density at radius 2 is 1.80 bits per heavy atom. The molecule has 5 nitrogen and oxygen atoms in total. The van der Waals surface area contributed by atoms with Crippen molar-refractivity contribution in [1.29, 1.82) is 0 Å². The van der Waals surface area contributed by atoms with E-state index in [2.05, 4.69) is 67.4 Å². The molecule has 4 unspecified atom stereocenters. The Hall–Kier alpha value is -1.29. The van der Waals surface area contributed by atoms with Crippen LogP contribution >= 0.6 is 12.6 Å². The van der Waals surface area contributed by atoms with Gasteiger partial charge < -0.3 is 15.1 Å². The molecule has 0 bridgehead atoms. The summed E-state index contributed by atoms with van der Waals surface area (Å²) in [6, 6.07) is 5.14. The molecule has 3 fully saturated rings. The van der Waals surface area contributed by atoms with Crippen LogP contribution in [-0.2, 0) is 11.2 Å². The highest BCUT2D eigenvalue weighted by atomic mass is 32.1. The molecule has 2 heterocycles. The van der Waals surface area contributed by atoms with Crippen LogP contribution in [0, 0.1) is 25.7 Å². The predicted octanol–water partition coefficient (Wildman–Crippen LogP) is 5.45. The van der Waals surface area contributed by atoms with Gasteiger partial charge in [0, 0.05) is 38.0 Å². The summed E-state index contributed by atoms with van der Waals surface area (Å²) in [4.78, 5) is 17.9. The average Bonchev–Trinajstić information content (AvgIpc) is 3.44. The van der Waals surface area contributed by atoms with Crippen molar-refractivity contribution < 1.29 is 18.0 Å². The highest BCUT2D eigenvalue weighted by molar-refractivity contribution is 7.80. The molecule has 9 heteroatoms. The zero-order valence-corrected chi connectivity index (χ0v) is 25.8. The minimum Gasteiger partial charge on any atom is -0.339 e. The van der Waals surface area contributed by atoms with Crippen molar-refractivity contribution in [2.24, 2.45) is 11.8 Å². The lowest BCUT2D eigenvalue weighted by Gasteiger charge is -2.33. The fourth-order valence-corrected chi connectivity index (χ4v) is 7.64. The molecule has 2 saturated heterocycles. The summed E-state index contributed by atoms with van der Waals surface area (Å²) >= 11 is 4.75. The van der Waals surface area contributed by atoms with E-state index in [4.69, 9.17) is 12.6 Å². The van der Waals surface area contributed by atoms with Gasteiger partial charge in [-0.15, -0.1) is 0 Å². The van der Waals surface area contributed by atoms with Crippen LogP contribution in [0.15, 0.2) is 12.1 Å². The molecule has 1 aromatic rings. The van der Waals surface area contributed by atoms with Crippen LogP contribution in [0.25, 0.3) is 0 Å². The second-order valence-electron chi connectivity index (χ2n) is 13.1. The van der Waals surface area contributed by atoms with E-state index >= 15 is 0 Å². The molecule has 0 radical (unpaired) electrons. The van der Waals surface area contributed by atoms with E-state index in [1.807, 2.05) is 0 Å². The van der Waals surface area contributed by atoms with Crippen molar-refractivity contribution >= 4 is 18.5 Å². The maximum atomic E-state index is 13.2. The maximum Gasteiger partial charge on any atom is 0.389 e. The molecular formula is C31H49F3N4OS. The molecule has 2 N–H and O–H groups in total. The van der Waals surface area contributed by atoms with E-state index in [0.717, 1.165) is 57.4 Å². The number of hydrogen-bond acceptors (Lipinski definition) is 5. The van der Waals surface area contributed by atoms with Crippen molar-refractivity contribution in [3.05, 3.63) is 34.4 Å². The molecule has 40 heavy (non-hydrogen) atoms. The number of alkyl halides is 3. The van der Waals surface area contributed by atoms with Crippen LogP contribution in [0.2, 0.25) is 0 Å². The van der Waals surface area contributed by atoms with Gasteiger partial charge in [0.25, 0.3) is 0 Å². The first kappa shape index (κ1) is 31.6. The molecule has 4 rings (SSSR count). The number of halogens is 3. The van der Waals surface area contributed by atoms with Gasteiger partial charge in [0.15, 0.2) is 0 Å². The Morgan fingerprint density at radius 1 is 1.15 bits per heavy atom. The van der Waals surface area contributed by atoms with E-state index < -0.39 is 18.1 Å². The number of carbonyl (C=O) groups is 1. The number of benzene rings is 1. The molecule has 1 spiro atoms. The van der Waals surface area contributed by atoms with Gasteiger partial charge in [0.1, 0.15) is 5.54 Å². The van der Waals surface area contributed by atoms with Crippen molar-refractivity contribution in [1.82, 2.24) is 20.4 Å². The highest BCUT2D eigenvalue weighted by Crippen LogP contribution is 2.38. The Morgan fingerprint density at radius 3 is 2.38 bits per heavy atom. The van der Waals surface area contributed by atoms with Crippen LogP contribution in [0.4, 0.5) is 13.2 Å². The summed E-state index contributed by atoms with van der Waals surface area (Å²) in [6.45, 7) is 9.07. The first-order chi connectivity index (χ1) is 18.8. The number of nitrogens with one attached hydrogen (secondary N) is 2. The van der Waals surface area contributed by atoms with Gasteiger partial charge in [-0.25, -0.2) is 0 Å². The molecule has 0 aromatic heterocycles. The fourth-order valence-electron chi connectivity index (χ4n) is 7.34. The average molecular weight is 583 g/mol. The number of rotatable bonds is 10. The van der Waals surface area contributed by atoms with Crippen LogP contribution in [0.1, 0.15) is 80.0 Å². The number of likely N-dealkylation sites (N-methyl/N-ethyl adjacent to an activating group) is 1. The highest BCUT2D eigenvalue weighted by Gasteiger charge is 2.52. The molecule has 1 aromatic carbocycles. The molecule has 1 amide bonds. The van der Waals surface area contributed by atoms with Gasteiger partial charge in [-0.3, -0.25) is 10.1 Å². The number of hydrogen-bond donors (Lipinski definition) is 3. The second-order valence-corrected chi connectivity index (χ2v) is 13.5. The van der Waals surface area contributed by atoms with Crippen molar-refractivity contribution in [2.45, 2.75) is 102 Å². The molecule has 4 atom stereocenters. The summed E-state index contributed by atoms with van der Waals surface area (Å²) in [5.41, 5.74) is 4.80. The third-order valence-electron chi connectivity index (χ3n) is 9.87. The van der Waals surface area contributed by atoms with Gasteiger partial charge >= 0.3 is 6.18 Å². The summed E-state index contributed by atoms with van der Waals surface area (Å²) in [5.74, 6) is 1.53. The molecule has 1 aliphatic carbocycles. The van der Waals surface area contributed by atoms with Crippen LogP contribution in [0.5, 0.6) is 0 Å². The van der Waals surface area contributed by atoms with E-state index in [-0.39, 0.29) is 36.2 Å². The van der Waals surface area contributed by atoms with Crippen molar-refractivity contribution in [3.8, 4) is 0 Å². The zero-order chi connectivity index (χ0) is 29.2. The fraction of sp³-hybridized carbons (Fsp3) is 0.774. The van der Waals surface area contributed by atoms with E-state index in [1.54, 1.807) is 0 Å². The quantitative estimate of drug-likeness (QED) is 0.321. The standard InChI is InChI=1S/C31H49F3N4OS/c1-20-14-24(16-22(3)37(4)5)15-21(2)27(20)26(18-40)17-38-13-12-30(19-38)29(39)35-28(36-30)25-8-6-23(7-9-25)10-11-31(32,33)34/h14-15,22-23,25-26,28,36,40H,6-13,16-19H2,1-5H3,(H,35,39). The van der Waals surface area contributed by atoms with Gasteiger partial charge in [-0.2, -0.15) is 25.8 Å². The van der Waals surface area contributed by atoms with E-state index in [0.29, 0.717) is 12.6 Å². The van der Waals surface area contributed by atoms with Gasteiger partial charge in [0.05, 0.1) is 6.17 Å². The first-order valence-electron chi connectivity index (χ1n) is 15.1. The van der Waals surface area contributed by atoms with Crippen LogP contribution in [-0.4, -0.2) is 79.1 Å². The van der Waals surface area contributed by atoms with Gasteiger partial charge in [0.2, 0.25) is 5.91 Å².